The highest BCUT2D eigenvalue weighted by molar-refractivity contribution is 4.95. The third-order valence-corrected chi connectivity index (χ3v) is 4.85. The van der Waals surface area contributed by atoms with Gasteiger partial charge in [0.05, 0.1) is 6.54 Å². The van der Waals surface area contributed by atoms with Gasteiger partial charge in [-0.15, -0.1) is 0 Å². The number of aryl methyl sites for hydroxylation is 1. The van der Waals surface area contributed by atoms with Crippen molar-refractivity contribution in [3.63, 3.8) is 0 Å². The van der Waals surface area contributed by atoms with Crippen LogP contribution >= 0.6 is 0 Å². The highest BCUT2D eigenvalue weighted by atomic mass is 15.2. The lowest BCUT2D eigenvalue weighted by atomic mass is 9.78. The fourth-order valence-electron chi connectivity index (χ4n) is 3.89. The van der Waals surface area contributed by atoms with E-state index in [1.54, 1.807) is 0 Å². The largest absolute Gasteiger partial charge is 0.334 e. The normalized spacial score (nSPS) is 29.2. The Morgan fingerprint density at radius 2 is 2.06 bits per heavy atom. The van der Waals surface area contributed by atoms with Crippen LogP contribution in [0.5, 0.6) is 0 Å². The average Bonchev–Trinajstić information content (AvgIpc) is 2.86. The summed E-state index contributed by atoms with van der Waals surface area (Å²) in [7, 11) is 0. The van der Waals surface area contributed by atoms with E-state index in [4.69, 9.17) is 0 Å². The highest BCUT2D eigenvalue weighted by Crippen LogP contribution is 2.35. The highest BCUT2D eigenvalue weighted by Gasteiger charge is 2.33. The van der Waals surface area contributed by atoms with Crippen molar-refractivity contribution in [1.82, 2.24) is 14.5 Å². The molecular weight excluding hydrogens is 222 g/mol. The predicted molar refractivity (Wildman–Crippen MR) is 73.3 cm³/mol. The van der Waals surface area contributed by atoms with E-state index in [9.17, 15) is 0 Å². The van der Waals surface area contributed by atoms with Gasteiger partial charge in [-0.1, -0.05) is 12.8 Å². The maximum absolute atomic E-state index is 4.54. The second-order valence-corrected chi connectivity index (χ2v) is 5.85. The predicted octanol–water partition coefficient (Wildman–Crippen LogP) is 3.06. The van der Waals surface area contributed by atoms with Crippen molar-refractivity contribution >= 4 is 0 Å². The number of likely N-dealkylation sites (tertiary alicyclic amines) is 1. The summed E-state index contributed by atoms with van der Waals surface area (Å²) < 4.78 is 2.28. The van der Waals surface area contributed by atoms with Crippen LogP contribution in [0.25, 0.3) is 0 Å². The molecule has 0 unspecified atom stereocenters. The molecule has 3 nitrogen and oxygen atoms in total. The molecule has 1 saturated carbocycles. The fraction of sp³-hybridized carbons (Fsp3) is 0.800. The van der Waals surface area contributed by atoms with Gasteiger partial charge in [0, 0.05) is 25.0 Å². The molecule has 0 spiro atoms. The van der Waals surface area contributed by atoms with Crippen molar-refractivity contribution in [2.45, 2.75) is 64.6 Å². The molecule has 18 heavy (non-hydrogen) atoms. The molecule has 1 aromatic heterocycles. The zero-order valence-electron chi connectivity index (χ0n) is 11.5. The Bertz CT molecular complexity index is 383. The number of piperidine rings is 1. The van der Waals surface area contributed by atoms with Crippen molar-refractivity contribution in [2.24, 2.45) is 5.92 Å². The Labute approximate surface area is 110 Å². The molecule has 100 valence electrons. The molecule has 2 heterocycles. The summed E-state index contributed by atoms with van der Waals surface area (Å²) >= 11 is 0. The molecule has 0 amide bonds. The Morgan fingerprint density at radius 3 is 2.94 bits per heavy atom. The molecule has 0 bridgehead atoms. The third-order valence-electron chi connectivity index (χ3n) is 4.85. The molecule has 1 aliphatic heterocycles. The summed E-state index contributed by atoms with van der Waals surface area (Å²) in [6.07, 6.45) is 12.7. The standard InChI is InChI=1S/C15H25N3/c1-2-17-11-9-16-15(17)12-18-10-5-7-13-6-3-4-8-14(13)18/h9,11,13-14H,2-8,10,12H2,1H3/t13-,14+/m1/s1. The van der Waals surface area contributed by atoms with Gasteiger partial charge in [0.2, 0.25) is 0 Å². The number of hydrogen-bond acceptors (Lipinski definition) is 2. The van der Waals surface area contributed by atoms with Crippen LogP contribution in [0.3, 0.4) is 0 Å². The van der Waals surface area contributed by atoms with Gasteiger partial charge in [0.1, 0.15) is 5.82 Å². The van der Waals surface area contributed by atoms with E-state index in [0.29, 0.717) is 0 Å². The molecule has 0 aromatic carbocycles. The minimum atomic E-state index is 0.842. The van der Waals surface area contributed by atoms with Crippen LogP contribution in [-0.4, -0.2) is 27.0 Å². The molecule has 2 atom stereocenters. The molecular formula is C15H25N3. The molecule has 1 aliphatic carbocycles. The van der Waals surface area contributed by atoms with Gasteiger partial charge in [-0.25, -0.2) is 4.98 Å². The van der Waals surface area contributed by atoms with E-state index in [1.165, 1.54) is 50.9 Å². The topological polar surface area (TPSA) is 21.1 Å². The van der Waals surface area contributed by atoms with Crippen LogP contribution in [0.4, 0.5) is 0 Å². The summed E-state index contributed by atoms with van der Waals surface area (Å²) in [5.74, 6) is 2.22. The zero-order chi connectivity index (χ0) is 12.4. The molecule has 0 radical (unpaired) electrons. The number of nitrogens with zero attached hydrogens (tertiary/aromatic N) is 3. The summed E-state index contributed by atoms with van der Waals surface area (Å²) in [5.41, 5.74) is 0. The second-order valence-electron chi connectivity index (χ2n) is 5.85. The summed E-state index contributed by atoms with van der Waals surface area (Å²) in [6.45, 7) is 5.57. The van der Waals surface area contributed by atoms with E-state index in [0.717, 1.165) is 25.0 Å². The Morgan fingerprint density at radius 1 is 1.22 bits per heavy atom. The Hall–Kier alpha value is -0.830. The van der Waals surface area contributed by atoms with Crippen molar-refractivity contribution in [1.29, 1.82) is 0 Å². The van der Waals surface area contributed by atoms with Crippen LogP contribution in [0, 0.1) is 5.92 Å². The van der Waals surface area contributed by atoms with E-state index < -0.39 is 0 Å². The molecule has 1 saturated heterocycles. The van der Waals surface area contributed by atoms with Crippen molar-refractivity contribution in [2.75, 3.05) is 6.54 Å². The van der Waals surface area contributed by atoms with Crippen molar-refractivity contribution in [3.05, 3.63) is 18.2 Å². The second kappa shape index (κ2) is 5.43. The third kappa shape index (κ3) is 2.33. The first kappa shape index (κ1) is 12.2. The lowest BCUT2D eigenvalue weighted by Gasteiger charge is -2.44. The number of rotatable bonds is 3. The minimum Gasteiger partial charge on any atom is -0.334 e. The van der Waals surface area contributed by atoms with Gasteiger partial charge in [-0.2, -0.15) is 0 Å². The molecule has 2 fully saturated rings. The van der Waals surface area contributed by atoms with E-state index in [2.05, 4.69) is 27.6 Å². The SMILES string of the molecule is CCn1ccnc1CN1CCC[C@H]2CCCC[C@@H]21. The van der Waals surface area contributed by atoms with Gasteiger partial charge < -0.3 is 4.57 Å². The lowest BCUT2D eigenvalue weighted by molar-refractivity contribution is 0.0519. The summed E-state index contributed by atoms with van der Waals surface area (Å²) in [6, 6.07) is 0.842. The van der Waals surface area contributed by atoms with Gasteiger partial charge in [0.15, 0.2) is 0 Å². The van der Waals surface area contributed by atoms with E-state index in [-0.39, 0.29) is 0 Å². The minimum absolute atomic E-state index is 0.842. The summed E-state index contributed by atoms with van der Waals surface area (Å²) in [4.78, 5) is 7.25. The number of fused-ring (bicyclic) bond motifs is 1. The van der Waals surface area contributed by atoms with Gasteiger partial charge in [-0.3, -0.25) is 4.90 Å². The quantitative estimate of drug-likeness (QED) is 0.818. The summed E-state index contributed by atoms with van der Waals surface area (Å²) in [5, 5.41) is 0. The average molecular weight is 247 g/mol. The molecule has 0 N–H and O–H groups in total. The van der Waals surface area contributed by atoms with Crippen LogP contribution < -0.4 is 0 Å². The first-order valence-corrected chi connectivity index (χ1v) is 7.62. The fourth-order valence-corrected chi connectivity index (χ4v) is 3.89. The van der Waals surface area contributed by atoms with Crippen LogP contribution in [0.15, 0.2) is 12.4 Å². The lowest BCUT2D eigenvalue weighted by Crippen LogP contribution is -2.46. The molecule has 1 aromatic rings. The maximum atomic E-state index is 4.54. The number of imidazole rings is 1. The Balaban J connectivity index is 1.71. The van der Waals surface area contributed by atoms with E-state index >= 15 is 0 Å². The Kier molecular flexibility index (Phi) is 3.69. The monoisotopic (exact) mass is 247 g/mol. The molecule has 2 aliphatic rings. The van der Waals surface area contributed by atoms with Crippen molar-refractivity contribution < 1.29 is 0 Å². The van der Waals surface area contributed by atoms with Crippen LogP contribution in [0.2, 0.25) is 0 Å². The smallest absolute Gasteiger partial charge is 0.122 e. The first-order valence-electron chi connectivity index (χ1n) is 7.62. The maximum Gasteiger partial charge on any atom is 0.122 e. The van der Waals surface area contributed by atoms with Crippen LogP contribution in [-0.2, 0) is 13.1 Å². The number of aromatic nitrogens is 2. The van der Waals surface area contributed by atoms with Gasteiger partial charge in [-0.05, 0) is 45.1 Å². The molecule has 3 heteroatoms. The molecule has 3 rings (SSSR count). The first-order chi connectivity index (χ1) is 8.88. The van der Waals surface area contributed by atoms with E-state index in [1.807, 2.05) is 6.20 Å². The van der Waals surface area contributed by atoms with Gasteiger partial charge in [0.25, 0.3) is 0 Å². The van der Waals surface area contributed by atoms with Crippen LogP contribution in [0.1, 0.15) is 51.3 Å². The van der Waals surface area contributed by atoms with Gasteiger partial charge >= 0.3 is 0 Å². The number of hydrogen-bond donors (Lipinski definition) is 0. The van der Waals surface area contributed by atoms with Crippen molar-refractivity contribution in [3.8, 4) is 0 Å². The zero-order valence-corrected chi connectivity index (χ0v) is 11.5.